The quantitative estimate of drug-likeness (QED) is 0.709. The molecule has 3 aromatic rings. The molecule has 3 heterocycles. The Morgan fingerprint density at radius 2 is 1.92 bits per heavy atom. The van der Waals surface area contributed by atoms with Crippen LogP contribution in [0.15, 0.2) is 36.5 Å². The summed E-state index contributed by atoms with van der Waals surface area (Å²) in [6.07, 6.45) is 4.26. The van der Waals surface area contributed by atoms with E-state index in [0.29, 0.717) is 17.7 Å². The molecule has 0 atom stereocenters. The lowest BCUT2D eigenvalue weighted by atomic mass is 9.88. The number of aromatic amines is 1. The van der Waals surface area contributed by atoms with Gasteiger partial charge in [-0.2, -0.15) is 0 Å². The van der Waals surface area contributed by atoms with Crippen LogP contribution < -0.4 is 10.1 Å². The fourth-order valence-corrected chi connectivity index (χ4v) is 4.14. The first-order chi connectivity index (χ1) is 12.7. The highest BCUT2D eigenvalue weighted by molar-refractivity contribution is 5.92. The molecule has 1 aromatic carbocycles. The smallest absolute Gasteiger partial charge is 0.213 e. The Kier molecular flexibility index (Phi) is 4.68. The van der Waals surface area contributed by atoms with E-state index in [1.165, 1.54) is 40.6 Å². The van der Waals surface area contributed by atoms with Gasteiger partial charge in [-0.3, -0.25) is 0 Å². The molecule has 4 rings (SSSR count). The number of aromatic nitrogens is 2. The standard InChI is InChI=1S/C22H27N3O/c1-14(2)21-18-12-16(15-6-9-23-10-7-15)4-5-19(18)25-22(21)17-8-11-24-20(13-17)26-3/h4-5,8,11-15,23,25H,6-7,9-10H2,1-3H3. The predicted molar refractivity (Wildman–Crippen MR) is 107 cm³/mol. The number of methoxy groups -OCH3 is 1. The number of hydrogen-bond acceptors (Lipinski definition) is 3. The van der Waals surface area contributed by atoms with Gasteiger partial charge >= 0.3 is 0 Å². The number of piperidine rings is 1. The third kappa shape index (κ3) is 3.10. The van der Waals surface area contributed by atoms with Gasteiger partial charge in [0, 0.05) is 28.7 Å². The molecule has 0 unspecified atom stereocenters. The summed E-state index contributed by atoms with van der Waals surface area (Å²) < 4.78 is 5.32. The monoisotopic (exact) mass is 349 g/mol. The zero-order valence-electron chi connectivity index (χ0n) is 15.8. The number of ether oxygens (including phenoxy) is 1. The summed E-state index contributed by atoms with van der Waals surface area (Å²) in [6.45, 7) is 6.77. The molecule has 0 aliphatic carbocycles. The molecule has 1 aliphatic rings. The SMILES string of the molecule is COc1cc(-c2[nH]c3ccc(C4CCNCC4)cc3c2C(C)C)ccn1. The zero-order valence-corrected chi connectivity index (χ0v) is 15.8. The molecule has 0 spiro atoms. The van der Waals surface area contributed by atoms with Gasteiger partial charge in [0.25, 0.3) is 0 Å². The Balaban J connectivity index is 1.84. The van der Waals surface area contributed by atoms with Crippen LogP contribution in [0.5, 0.6) is 5.88 Å². The first-order valence-electron chi connectivity index (χ1n) is 9.54. The van der Waals surface area contributed by atoms with Crippen molar-refractivity contribution in [2.24, 2.45) is 0 Å². The fourth-order valence-electron chi connectivity index (χ4n) is 4.14. The number of fused-ring (bicyclic) bond motifs is 1. The van der Waals surface area contributed by atoms with E-state index in [0.717, 1.165) is 18.7 Å². The maximum Gasteiger partial charge on any atom is 0.213 e. The van der Waals surface area contributed by atoms with E-state index in [9.17, 15) is 0 Å². The van der Waals surface area contributed by atoms with E-state index < -0.39 is 0 Å². The molecule has 1 fully saturated rings. The van der Waals surface area contributed by atoms with Gasteiger partial charge in [0.1, 0.15) is 0 Å². The summed E-state index contributed by atoms with van der Waals surface area (Å²) in [6, 6.07) is 11.0. The van der Waals surface area contributed by atoms with E-state index >= 15 is 0 Å². The van der Waals surface area contributed by atoms with Gasteiger partial charge in [0.05, 0.1) is 12.8 Å². The maximum absolute atomic E-state index is 5.32. The molecule has 2 N–H and O–H groups in total. The highest BCUT2D eigenvalue weighted by Gasteiger charge is 2.20. The third-order valence-electron chi connectivity index (χ3n) is 5.48. The van der Waals surface area contributed by atoms with Gasteiger partial charge in [-0.15, -0.1) is 0 Å². The van der Waals surface area contributed by atoms with E-state index in [1.807, 2.05) is 18.3 Å². The molecular formula is C22H27N3O. The number of pyridine rings is 1. The Labute approximate surface area is 155 Å². The van der Waals surface area contributed by atoms with Gasteiger partial charge in [0.15, 0.2) is 0 Å². The molecule has 136 valence electrons. The lowest BCUT2D eigenvalue weighted by Gasteiger charge is -2.23. The number of benzene rings is 1. The molecule has 0 bridgehead atoms. The summed E-state index contributed by atoms with van der Waals surface area (Å²) in [5, 5.41) is 4.81. The van der Waals surface area contributed by atoms with Crippen LogP contribution in [0.2, 0.25) is 0 Å². The molecule has 1 aliphatic heterocycles. The summed E-state index contributed by atoms with van der Waals surface area (Å²) >= 11 is 0. The van der Waals surface area contributed by atoms with Crippen molar-refractivity contribution in [3.8, 4) is 17.1 Å². The Morgan fingerprint density at radius 3 is 2.65 bits per heavy atom. The van der Waals surface area contributed by atoms with Crippen molar-refractivity contribution in [1.29, 1.82) is 0 Å². The van der Waals surface area contributed by atoms with Crippen molar-refractivity contribution >= 4 is 10.9 Å². The molecular weight excluding hydrogens is 322 g/mol. The Bertz CT molecular complexity index is 907. The van der Waals surface area contributed by atoms with E-state index in [-0.39, 0.29) is 0 Å². The average molecular weight is 349 g/mol. The minimum Gasteiger partial charge on any atom is -0.481 e. The normalized spacial score (nSPS) is 15.7. The summed E-state index contributed by atoms with van der Waals surface area (Å²) in [5.74, 6) is 1.74. The molecule has 0 saturated carbocycles. The predicted octanol–water partition coefficient (Wildman–Crippen LogP) is 4.83. The highest BCUT2D eigenvalue weighted by Crippen LogP contribution is 2.38. The largest absolute Gasteiger partial charge is 0.481 e. The van der Waals surface area contributed by atoms with Crippen LogP contribution in [-0.4, -0.2) is 30.2 Å². The summed E-state index contributed by atoms with van der Waals surface area (Å²) in [4.78, 5) is 7.89. The minimum atomic E-state index is 0.432. The molecule has 2 aromatic heterocycles. The Morgan fingerprint density at radius 1 is 1.12 bits per heavy atom. The van der Waals surface area contributed by atoms with E-state index in [1.54, 1.807) is 7.11 Å². The van der Waals surface area contributed by atoms with Crippen molar-refractivity contribution in [3.63, 3.8) is 0 Å². The minimum absolute atomic E-state index is 0.432. The molecule has 4 heteroatoms. The van der Waals surface area contributed by atoms with E-state index in [4.69, 9.17) is 4.74 Å². The van der Waals surface area contributed by atoms with Gasteiger partial charge in [-0.1, -0.05) is 19.9 Å². The molecule has 4 nitrogen and oxygen atoms in total. The first kappa shape index (κ1) is 17.1. The van der Waals surface area contributed by atoms with Gasteiger partial charge < -0.3 is 15.0 Å². The van der Waals surface area contributed by atoms with Crippen molar-refractivity contribution < 1.29 is 4.74 Å². The summed E-state index contributed by atoms with van der Waals surface area (Å²) in [7, 11) is 1.66. The third-order valence-corrected chi connectivity index (χ3v) is 5.48. The van der Waals surface area contributed by atoms with Crippen molar-refractivity contribution in [3.05, 3.63) is 47.7 Å². The molecule has 0 amide bonds. The number of nitrogens with zero attached hydrogens (tertiary/aromatic N) is 1. The Hall–Kier alpha value is -2.33. The molecule has 0 radical (unpaired) electrons. The van der Waals surface area contributed by atoms with Gasteiger partial charge in [0.2, 0.25) is 5.88 Å². The van der Waals surface area contributed by atoms with Crippen molar-refractivity contribution in [2.75, 3.05) is 20.2 Å². The van der Waals surface area contributed by atoms with Gasteiger partial charge in [-0.25, -0.2) is 4.98 Å². The number of nitrogens with one attached hydrogen (secondary N) is 2. The first-order valence-corrected chi connectivity index (χ1v) is 9.54. The van der Waals surface area contributed by atoms with Crippen molar-refractivity contribution in [1.82, 2.24) is 15.3 Å². The van der Waals surface area contributed by atoms with Crippen molar-refractivity contribution in [2.45, 2.75) is 38.5 Å². The highest BCUT2D eigenvalue weighted by atomic mass is 16.5. The topological polar surface area (TPSA) is 49.9 Å². The number of hydrogen-bond donors (Lipinski definition) is 2. The van der Waals surface area contributed by atoms with Crippen LogP contribution in [0.1, 0.15) is 49.7 Å². The average Bonchev–Trinajstić information content (AvgIpc) is 3.07. The van der Waals surface area contributed by atoms with Crippen LogP contribution in [0, 0.1) is 0 Å². The maximum atomic E-state index is 5.32. The van der Waals surface area contributed by atoms with Crippen LogP contribution in [0.3, 0.4) is 0 Å². The van der Waals surface area contributed by atoms with Crippen LogP contribution in [0.25, 0.3) is 22.2 Å². The lowest BCUT2D eigenvalue weighted by Crippen LogP contribution is -2.26. The molecule has 1 saturated heterocycles. The van der Waals surface area contributed by atoms with E-state index in [2.05, 4.69) is 47.3 Å². The van der Waals surface area contributed by atoms with Crippen LogP contribution >= 0.6 is 0 Å². The fraction of sp³-hybridized carbons (Fsp3) is 0.409. The zero-order chi connectivity index (χ0) is 18.1. The second-order valence-electron chi connectivity index (χ2n) is 7.48. The summed E-state index contributed by atoms with van der Waals surface area (Å²) in [5.41, 5.74) is 6.36. The van der Waals surface area contributed by atoms with Gasteiger partial charge in [-0.05, 0) is 67.1 Å². The van der Waals surface area contributed by atoms with Crippen LogP contribution in [-0.2, 0) is 0 Å². The van der Waals surface area contributed by atoms with Crippen LogP contribution in [0.4, 0.5) is 0 Å². The number of rotatable bonds is 4. The molecule has 26 heavy (non-hydrogen) atoms. The second kappa shape index (κ2) is 7.12. The number of H-pyrrole nitrogens is 1. The second-order valence-corrected chi connectivity index (χ2v) is 7.48. The lowest BCUT2D eigenvalue weighted by molar-refractivity contribution is 0.398.